The van der Waals surface area contributed by atoms with Gasteiger partial charge in [-0.3, -0.25) is 4.79 Å². The Bertz CT molecular complexity index is 1430. The van der Waals surface area contributed by atoms with E-state index in [2.05, 4.69) is 10.3 Å². The fraction of sp³-hybridized carbons (Fsp3) is 0.0769. The second-order valence-corrected chi connectivity index (χ2v) is 7.95. The molecule has 2 heterocycles. The summed E-state index contributed by atoms with van der Waals surface area (Å²) in [5.41, 5.74) is 4.89. The number of H-pyrrole nitrogens is 1. The number of fused-ring (bicyclic) bond motifs is 1. The van der Waals surface area contributed by atoms with E-state index in [9.17, 15) is 4.79 Å². The Labute approximate surface area is 190 Å². The minimum Gasteiger partial charge on any atom is -0.308 e. The fourth-order valence-electron chi connectivity index (χ4n) is 3.78. The summed E-state index contributed by atoms with van der Waals surface area (Å²) in [7, 11) is 0. The number of rotatable bonds is 6. The van der Waals surface area contributed by atoms with E-state index in [1.807, 2.05) is 91.0 Å². The lowest BCUT2D eigenvalue weighted by molar-refractivity contribution is 0.688. The third-order valence-electron chi connectivity index (χ3n) is 5.40. The van der Waals surface area contributed by atoms with E-state index in [0.29, 0.717) is 29.3 Å². The first-order valence-electron chi connectivity index (χ1n) is 10.4. The van der Waals surface area contributed by atoms with Gasteiger partial charge in [0.2, 0.25) is 0 Å². The van der Waals surface area contributed by atoms with Crippen LogP contribution >= 0.6 is 11.6 Å². The van der Waals surface area contributed by atoms with E-state index >= 15 is 0 Å². The lowest BCUT2D eigenvalue weighted by Crippen LogP contribution is -2.21. The smallest absolute Gasteiger partial charge is 0.254 e. The number of pyridine rings is 1. The summed E-state index contributed by atoms with van der Waals surface area (Å²) in [5.74, 6) is 0. The van der Waals surface area contributed by atoms with Crippen molar-refractivity contribution in [2.75, 3.05) is 0 Å². The van der Waals surface area contributed by atoms with Gasteiger partial charge in [0.1, 0.15) is 11.3 Å². The number of aromatic nitrogens is 3. The van der Waals surface area contributed by atoms with Gasteiger partial charge in [0, 0.05) is 34.6 Å². The molecule has 0 fully saturated rings. The zero-order valence-corrected chi connectivity index (χ0v) is 18.0. The zero-order chi connectivity index (χ0) is 21.9. The van der Waals surface area contributed by atoms with Crippen LogP contribution < -0.4 is 10.9 Å². The van der Waals surface area contributed by atoms with Gasteiger partial charge in [0.25, 0.3) is 5.56 Å². The zero-order valence-electron chi connectivity index (χ0n) is 17.3. The number of halogens is 1. The standard InChI is InChI=1S/C26H21ClN4O/c27-23-14-8-7-11-19(23)16-28-17-20-15-22-24(18-9-3-1-4-10-18)30-31(25(22)29-26(20)32)21-12-5-2-6-13-21/h1-15,28H,16-17H2,(H,29,32). The Morgan fingerprint density at radius 2 is 1.50 bits per heavy atom. The van der Waals surface area contributed by atoms with E-state index in [4.69, 9.17) is 16.7 Å². The van der Waals surface area contributed by atoms with Gasteiger partial charge in [0.05, 0.1) is 5.69 Å². The molecule has 3 aromatic carbocycles. The maximum absolute atomic E-state index is 12.9. The van der Waals surface area contributed by atoms with Gasteiger partial charge in [0.15, 0.2) is 0 Å². The highest BCUT2D eigenvalue weighted by molar-refractivity contribution is 6.31. The van der Waals surface area contributed by atoms with Crippen molar-refractivity contribution in [3.05, 3.63) is 117 Å². The van der Waals surface area contributed by atoms with Gasteiger partial charge in [-0.15, -0.1) is 0 Å². The second-order valence-electron chi connectivity index (χ2n) is 7.54. The van der Waals surface area contributed by atoms with Crippen LogP contribution in [0.25, 0.3) is 28.0 Å². The molecule has 0 radical (unpaired) electrons. The molecule has 0 saturated heterocycles. The molecule has 0 aliphatic heterocycles. The van der Waals surface area contributed by atoms with Crippen molar-refractivity contribution in [2.45, 2.75) is 13.1 Å². The maximum atomic E-state index is 12.9. The van der Waals surface area contributed by atoms with Gasteiger partial charge < -0.3 is 10.3 Å². The largest absolute Gasteiger partial charge is 0.308 e. The van der Waals surface area contributed by atoms with Crippen molar-refractivity contribution in [3.63, 3.8) is 0 Å². The van der Waals surface area contributed by atoms with Crippen molar-refractivity contribution in [1.82, 2.24) is 20.1 Å². The molecule has 2 aromatic heterocycles. The summed E-state index contributed by atoms with van der Waals surface area (Å²) in [6.45, 7) is 0.993. The van der Waals surface area contributed by atoms with Crippen LogP contribution in [0.4, 0.5) is 0 Å². The number of hydrogen-bond acceptors (Lipinski definition) is 3. The monoisotopic (exact) mass is 440 g/mol. The molecule has 5 rings (SSSR count). The van der Waals surface area contributed by atoms with Crippen molar-refractivity contribution < 1.29 is 0 Å². The molecule has 0 unspecified atom stereocenters. The number of nitrogens with zero attached hydrogens (tertiary/aromatic N) is 2. The Morgan fingerprint density at radius 1 is 0.844 bits per heavy atom. The topological polar surface area (TPSA) is 62.7 Å². The Balaban J connectivity index is 1.55. The third kappa shape index (κ3) is 3.96. The van der Waals surface area contributed by atoms with Crippen LogP contribution in [0.15, 0.2) is 95.8 Å². The van der Waals surface area contributed by atoms with E-state index in [0.717, 1.165) is 27.9 Å². The molecule has 0 atom stereocenters. The molecular weight excluding hydrogens is 420 g/mol. The maximum Gasteiger partial charge on any atom is 0.254 e. The van der Waals surface area contributed by atoms with Crippen LogP contribution in [-0.2, 0) is 13.1 Å². The van der Waals surface area contributed by atoms with Crippen LogP contribution in [0, 0.1) is 0 Å². The SMILES string of the molecule is O=c1[nH]c2c(cc1CNCc1ccccc1Cl)c(-c1ccccc1)nn2-c1ccccc1. The molecule has 32 heavy (non-hydrogen) atoms. The highest BCUT2D eigenvalue weighted by atomic mass is 35.5. The molecule has 5 nitrogen and oxygen atoms in total. The third-order valence-corrected chi connectivity index (χ3v) is 5.77. The molecule has 0 bridgehead atoms. The number of para-hydroxylation sites is 1. The summed E-state index contributed by atoms with van der Waals surface area (Å²) in [4.78, 5) is 16.0. The van der Waals surface area contributed by atoms with Gasteiger partial charge in [-0.05, 0) is 29.8 Å². The molecule has 0 aliphatic rings. The highest BCUT2D eigenvalue weighted by Crippen LogP contribution is 2.28. The molecule has 6 heteroatoms. The van der Waals surface area contributed by atoms with Crippen molar-refractivity contribution in [2.24, 2.45) is 0 Å². The molecule has 0 spiro atoms. The molecule has 0 aliphatic carbocycles. The number of aromatic amines is 1. The minimum absolute atomic E-state index is 0.138. The summed E-state index contributed by atoms with van der Waals surface area (Å²) in [5, 5.41) is 9.80. The summed E-state index contributed by atoms with van der Waals surface area (Å²) in [6.07, 6.45) is 0. The average molecular weight is 441 g/mol. The molecule has 2 N–H and O–H groups in total. The normalized spacial score (nSPS) is 11.2. The van der Waals surface area contributed by atoms with Gasteiger partial charge >= 0.3 is 0 Å². The lowest BCUT2D eigenvalue weighted by atomic mass is 10.1. The fourth-order valence-corrected chi connectivity index (χ4v) is 3.99. The van der Waals surface area contributed by atoms with Crippen LogP contribution in [-0.4, -0.2) is 14.8 Å². The van der Waals surface area contributed by atoms with Crippen molar-refractivity contribution in [1.29, 1.82) is 0 Å². The van der Waals surface area contributed by atoms with E-state index < -0.39 is 0 Å². The Morgan fingerprint density at radius 3 is 2.25 bits per heavy atom. The quantitative estimate of drug-likeness (QED) is 0.375. The predicted octanol–water partition coefficient (Wildman–Crippen LogP) is 5.32. The summed E-state index contributed by atoms with van der Waals surface area (Å²) >= 11 is 6.25. The number of nitrogens with one attached hydrogen (secondary N) is 2. The first-order valence-corrected chi connectivity index (χ1v) is 10.8. The molecule has 5 aromatic rings. The first kappa shape index (κ1) is 20.2. The summed E-state index contributed by atoms with van der Waals surface area (Å²) < 4.78 is 1.79. The van der Waals surface area contributed by atoms with Gasteiger partial charge in [-0.25, -0.2) is 4.68 Å². The van der Waals surface area contributed by atoms with E-state index in [1.165, 1.54) is 0 Å². The van der Waals surface area contributed by atoms with E-state index in [1.54, 1.807) is 4.68 Å². The average Bonchev–Trinajstić information content (AvgIpc) is 3.20. The molecule has 0 saturated carbocycles. The number of hydrogen-bond donors (Lipinski definition) is 2. The summed E-state index contributed by atoms with van der Waals surface area (Å²) in [6, 6.07) is 29.4. The molecule has 158 valence electrons. The van der Waals surface area contributed by atoms with Gasteiger partial charge in [-0.2, -0.15) is 5.10 Å². The van der Waals surface area contributed by atoms with Crippen LogP contribution in [0.1, 0.15) is 11.1 Å². The Hall–Kier alpha value is -3.67. The van der Waals surface area contributed by atoms with Gasteiger partial charge in [-0.1, -0.05) is 78.3 Å². The van der Waals surface area contributed by atoms with Crippen LogP contribution in [0.5, 0.6) is 0 Å². The minimum atomic E-state index is -0.138. The Kier molecular flexibility index (Phi) is 5.58. The van der Waals surface area contributed by atoms with Crippen LogP contribution in [0.2, 0.25) is 5.02 Å². The lowest BCUT2D eigenvalue weighted by Gasteiger charge is -2.07. The van der Waals surface area contributed by atoms with Crippen molar-refractivity contribution >= 4 is 22.6 Å². The van der Waals surface area contributed by atoms with E-state index in [-0.39, 0.29) is 5.56 Å². The highest BCUT2D eigenvalue weighted by Gasteiger charge is 2.16. The van der Waals surface area contributed by atoms with Crippen LogP contribution in [0.3, 0.4) is 0 Å². The van der Waals surface area contributed by atoms with Crippen molar-refractivity contribution in [3.8, 4) is 16.9 Å². The number of benzene rings is 3. The predicted molar refractivity (Wildman–Crippen MR) is 129 cm³/mol. The molecular formula is C26H21ClN4O. The first-order chi connectivity index (χ1) is 15.7. The second kappa shape index (κ2) is 8.83. The molecule has 0 amide bonds.